The molecule has 2 saturated carbocycles. The van der Waals surface area contributed by atoms with E-state index in [4.69, 9.17) is 5.73 Å². The lowest BCUT2D eigenvalue weighted by atomic mass is 9.96. The minimum absolute atomic E-state index is 0. The Morgan fingerprint density at radius 1 is 1.32 bits per heavy atom. The number of nitrogens with two attached hydrogens (primary N) is 1. The monoisotopic (exact) mass is 344 g/mol. The molecule has 1 aromatic carbocycles. The minimum atomic E-state index is -0.562. The third-order valence-electron chi connectivity index (χ3n) is 4.12. The molecule has 0 spiro atoms. The van der Waals surface area contributed by atoms with Gasteiger partial charge in [-0.25, -0.2) is 0 Å². The minimum Gasteiger partial charge on any atom is -0.354 e. The fraction of sp³-hybridized carbons (Fsp3) is 0.500. The van der Waals surface area contributed by atoms with Gasteiger partial charge >= 0.3 is 0 Å². The van der Waals surface area contributed by atoms with E-state index in [-0.39, 0.29) is 23.7 Å². The van der Waals surface area contributed by atoms with Crippen molar-refractivity contribution in [3.63, 3.8) is 0 Å². The molecule has 0 radical (unpaired) electrons. The van der Waals surface area contributed by atoms with Crippen LogP contribution in [0.15, 0.2) is 28.7 Å². The molecule has 104 valence electrons. The van der Waals surface area contributed by atoms with Gasteiger partial charge in [-0.05, 0) is 43.4 Å². The maximum Gasteiger partial charge on any atom is 0.240 e. The normalized spacial score (nSPS) is 21.2. The first-order valence-electron chi connectivity index (χ1n) is 6.37. The zero-order chi connectivity index (χ0) is 12.8. The molecule has 2 aliphatic rings. The fourth-order valence-electron chi connectivity index (χ4n) is 2.32. The van der Waals surface area contributed by atoms with Crippen molar-refractivity contribution in [2.45, 2.75) is 36.6 Å². The molecule has 0 heterocycles. The number of amides is 1. The Kier molecular flexibility index (Phi) is 3.96. The molecule has 0 bridgehead atoms. The summed E-state index contributed by atoms with van der Waals surface area (Å²) < 4.78 is 1.09. The molecule has 0 saturated heterocycles. The predicted molar refractivity (Wildman–Crippen MR) is 81.5 cm³/mol. The number of hydrogen-bond donors (Lipinski definition) is 2. The van der Waals surface area contributed by atoms with E-state index in [9.17, 15) is 4.79 Å². The first-order valence-corrected chi connectivity index (χ1v) is 7.17. The van der Waals surface area contributed by atoms with Crippen LogP contribution in [-0.2, 0) is 10.2 Å². The van der Waals surface area contributed by atoms with Gasteiger partial charge in [-0.2, -0.15) is 0 Å². The van der Waals surface area contributed by atoms with Gasteiger partial charge in [-0.3, -0.25) is 4.79 Å². The molecule has 1 aromatic rings. The molecule has 0 aromatic heterocycles. The van der Waals surface area contributed by atoms with E-state index >= 15 is 0 Å². The first kappa shape index (κ1) is 14.8. The second-order valence-corrected chi connectivity index (χ2v) is 6.55. The molecule has 0 aliphatic heterocycles. The Labute approximate surface area is 127 Å². The highest BCUT2D eigenvalue weighted by Gasteiger charge is 2.49. The molecule has 3 N–H and O–H groups in total. The van der Waals surface area contributed by atoms with Crippen molar-refractivity contribution in [3.8, 4) is 0 Å². The van der Waals surface area contributed by atoms with Crippen molar-refractivity contribution in [2.75, 3.05) is 6.54 Å². The van der Waals surface area contributed by atoms with E-state index in [0.717, 1.165) is 30.2 Å². The van der Waals surface area contributed by atoms with Crippen molar-refractivity contribution < 1.29 is 4.79 Å². The molecule has 0 atom stereocenters. The van der Waals surface area contributed by atoms with Crippen LogP contribution in [0.25, 0.3) is 0 Å². The molecule has 1 amide bonds. The third-order valence-corrected chi connectivity index (χ3v) is 4.61. The number of hydrogen-bond acceptors (Lipinski definition) is 2. The smallest absolute Gasteiger partial charge is 0.240 e. The highest BCUT2D eigenvalue weighted by atomic mass is 79.9. The second-order valence-electron chi connectivity index (χ2n) is 5.63. The van der Waals surface area contributed by atoms with E-state index in [1.165, 1.54) is 5.56 Å². The van der Waals surface area contributed by atoms with Crippen LogP contribution in [-0.4, -0.2) is 18.0 Å². The van der Waals surface area contributed by atoms with Crippen molar-refractivity contribution in [1.82, 2.24) is 5.32 Å². The van der Waals surface area contributed by atoms with Crippen LogP contribution in [0.5, 0.6) is 0 Å². The summed E-state index contributed by atoms with van der Waals surface area (Å²) in [6, 6.07) is 8.36. The van der Waals surface area contributed by atoms with Crippen molar-refractivity contribution in [2.24, 2.45) is 5.73 Å². The third kappa shape index (κ3) is 2.96. The molecular formula is C14H18BrClN2O. The summed E-state index contributed by atoms with van der Waals surface area (Å²) in [4.78, 5) is 11.9. The average Bonchev–Trinajstić information content (AvgIpc) is 3.24. The number of rotatable bonds is 4. The lowest BCUT2D eigenvalue weighted by Crippen LogP contribution is -2.45. The predicted octanol–water partition coefficient (Wildman–Crippen LogP) is 2.51. The molecule has 2 aliphatic carbocycles. The number of nitrogens with one attached hydrogen (secondary N) is 1. The quantitative estimate of drug-likeness (QED) is 0.881. The molecule has 3 rings (SSSR count). The SMILES string of the molecule is Cl.NC1(C(=O)NCC2(c3cccc(Br)c3)CC2)CC1. The van der Waals surface area contributed by atoms with Gasteiger partial charge < -0.3 is 11.1 Å². The number of carbonyl (C=O) groups excluding carboxylic acids is 1. The molecule has 5 heteroatoms. The van der Waals surface area contributed by atoms with Crippen molar-refractivity contribution >= 4 is 34.2 Å². The number of benzene rings is 1. The number of halogens is 2. The summed E-state index contributed by atoms with van der Waals surface area (Å²) in [7, 11) is 0. The van der Waals surface area contributed by atoms with E-state index in [1.807, 2.05) is 12.1 Å². The summed E-state index contributed by atoms with van der Waals surface area (Å²) in [5.74, 6) is 0.0174. The standard InChI is InChI=1S/C14H17BrN2O.ClH/c15-11-3-1-2-10(8-11)13(4-5-13)9-17-12(18)14(16)6-7-14;/h1-3,8H,4-7,9,16H2,(H,17,18);1H. The molecule has 0 unspecified atom stereocenters. The van der Waals surface area contributed by atoms with Gasteiger partial charge in [0.15, 0.2) is 0 Å². The average molecular weight is 346 g/mol. The van der Waals surface area contributed by atoms with Crippen LogP contribution >= 0.6 is 28.3 Å². The van der Waals surface area contributed by atoms with Gasteiger partial charge in [0.2, 0.25) is 5.91 Å². The van der Waals surface area contributed by atoms with Crippen LogP contribution in [0.2, 0.25) is 0 Å². The Hall–Kier alpha value is -0.580. The summed E-state index contributed by atoms with van der Waals surface area (Å²) in [6.07, 6.45) is 3.92. The maximum absolute atomic E-state index is 11.9. The van der Waals surface area contributed by atoms with E-state index in [0.29, 0.717) is 6.54 Å². The molecule has 2 fully saturated rings. The highest BCUT2D eigenvalue weighted by Crippen LogP contribution is 2.48. The van der Waals surface area contributed by atoms with Crippen LogP contribution in [0.4, 0.5) is 0 Å². The molecular weight excluding hydrogens is 328 g/mol. The second kappa shape index (κ2) is 5.08. The molecule has 19 heavy (non-hydrogen) atoms. The van der Waals surface area contributed by atoms with Gasteiger partial charge in [0.1, 0.15) is 0 Å². The summed E-state index contributed by atoms with van der Waals surface area (Å²) >= 11 is 3.50. The Balaban J connectivity index is 0.00000133. The van der Waals surface area contributed by atoms with Gasteiger partial charge in [0.25, 0.3) is 0 Å². The summed E-state index contributed by atoms with van der Waals surface area (Å²) in [5.41, 5.74) is 6.77. The van der Waals surface area contributed by atoms with Crippen molar-refractivity contribution in [1.29, 1.82) is 0 Å². The molecule has 3 nitrogen and oxygen atoms in total. The fourth-order valence-corrected chi connectivity index (χ4v) is 2.72. The van der Waals surface area contributed by atoms with E-state index < -0.39 is 5.54 Å². The highest BCUT2D eigenvalue weighted by molar-refractivity contribution is 9.10. The van der Waals surface area contributed by atoms with Gasteiger partial charge in [-0.15, -0.1) is 12.4 Å². The van der Waals surface area contributed by atoms with Crippen LogP contribution in [0, 0.1) is 0 Å². The Morgan fingerprint density at radius 2 is 2.00 bits per heavy atom. The first-order chi connectivity index (χ1) is 8.54. The van der Waals surface area contributed by atoms with Gasteiger partial charge in [0.05, 0.1) is 5.54 Å². The van der Waals surface area contributed by atoms with Gasteiger partial charge in [-0.1, -0.05) is 28.1 Å². The van der Waals surface area contributed by atoms with Gasteiger partial charge in [0, 0.05) is 16.4 Å². The van der Waals surface area contributed by atoms with Crippen molar-refractivity contribution in [3.05, 3.63) is 34.3 Å². The zero-order valence-electron chi connectivity index (χ0n) is 10.6. The lowest BCUT2D eigenvalue weighted by Gasteiger charge is -2.18. The topological polar surface area (TPSA) is 55.1 Å². The number of carbonyl (C=O) groups is 1. The van der Waals surface area contributed by atoms with E-state index in [2.05, 4.69) is 33.4 Å². The van der Waals surface area contributed by atoms with Crippen LogP contribution in [0.1, 0.15) is 31.2 Å². The zero-order valence-corrected chi connectivity index (χ0v) is 13.0. The lowest BCUT2D eigenvalue weighted by molar-refractivity contribution is -0.123. The Bertz CT molecular complexity index is 498. The maximum atomic E-state index is 11.9. The summed E-state index contributed by atoms with van der Waals surface area (Å²) in [5, 5.41) is 3.03. The largest absolute Gasteiger partial charge is 0.354 e. The van der Waals surface area contributed by atoms with E-state index in [1.54, 1.807) is 0 Å². The Morgan fingerprint density at radius 3 is 2.53 bits per heavy atom. The van der Waals surface area contributed by atoms with Crippen LogP contribution < -0.4 is 11.1 Å². The van der Waals surface area contributed by atoms with Crippen LogP contribution in [0.3, 0.4) is 0 Å². The summed E-state index contributed by atoms with van der Waals surface area (Å²) in [6.45, 7) is 0.710.